The zero-order chi connectivity index (χ0) is 17.4. The van der Waals surface area contributed by atoms with Crippen LogP contribution < -0.4 is 10.1 Å². The molecular weight excluding hydrogens is 314 g/mol. The Kier molecular flexibility index (Phi) is 3.92. The zero-order valence-corrected chi connectivity index (χ0v) is 14.4. The average Bonchev–Trinajstić information content (AvgIpc) is 3.25. The average molecular weight is 335 g/mol. The first-order chi connectivity index (χ1) is 12.2. The maximum absolute atomic E-state index is 12.8. The third-order valence-corrected chi connectivity index (χ3v) is 4.92. The summed E-state index contributed by atoms with van der Waals surface area (Å²) < 4.78 is 5.30. The fourth-order valence-electron chi connectivity index (χ4n) is 3.54. The predicted octanol–water partition coefficient (Wildman–Crippen LogP) is 3.48. The van der Waals surface area contributed by atoms with E-state index < -0.39 is 0 Å². The van der Waals surface area contributed by atoms with E-state index in [2.05, 4.69) is 21.4 Å². The number of aryl methyl sites for hydroxylation is 1. The molecule has 5 heteroatoms. The van der Waals surface area contributed by atoms with Gasteiger partial charge < -0.3 is 15.0 Å². The van der Waals surface area contributed by atoms with Gasteiger partial charge in [-0.1, -0.05) is 18.2 Å². The molecule has 1 amide bonds. The number of hydrogen-bond donors (Lipinski definition) is 2. The molecule has 128 valence electrons. The molecular formula is C20H21N3O2. The van der Waals surface area contributed by atoms with Crippen LogP contribution in [-0.2, 0) is 11.2 Å². The van der Waals surface area contributed by atoms with Crippen molar-refractivity contribution in [3.05, 3.63) is 59.4 Å². The van der Waals surface area contributed by atoms with Gasteiger partial charge in [0.05, 0.1) is 30.1 Å². The molecule has 1 aromatic heterocycles. The molecule has 4 rings (SSSR count). The number of hydrogen-bond acceptors (Lipinski definition) is 3. The Balaban J connectivity index is 1.53. The van der Waals surface area contributed by atoms with Crippen molar-refractivity contribution in [2.24, 2.45) is 0 Å². The number of rotatable bonds is 4. The van der Waals surface area contributed by atoms with Crippen LogP contribution in [0.5, 0.6) is 5.75 Å². The van der Waals surface area contributed by atoms with Crippen molar-refractivity contribution in [3.63, 3.8) is 0 Å². The molecule has 25 heavy (non-hydrogen) atoms. The van der Waals surface area contributed by atoms with Crippen molar-refractivity contribution in [3.8, 4) is 5.75 Å². The molecule has 0 bridgehead atoms. The van der Waals surface area contributed by atoms with E-state index in [4.69, 9.17) is 4.74 Å². The van der Waals surface area contributed by atoms with Crippen molar-refractivity contribution in [1.82, 2.24) is 15.3 Å². The summed E-state index contributed by atoms with van der Waals surface area (Å²) in [5.74, 6) is 1.49. The number of methoxy groups -OCH3 is 1. The van der Waals surface area contributed by atoms with Gasteiger partial charge in [-0.25, -0.2) is 4.98 Å². The molecule has 0 saturated heterocycles. The number of ether oxygens (including phenoxy) is 1. The van der Waals surface area contributed by atoms with Crippen LogP contribution in [0, 0.1) is 0 Å². The maximum Gasteiger partial charge on any atom is 0.228 e. The van der Waals surface area contributed by atoms with Gasteiger partial charge in [0.25, 0.3) is 0 Å². The second kappa shape index (κ2) is 6.24. The molecule has 2 atom stereocenters. The number of nitrogens with zero attached hydrogens (tertiary/aromatic N) is 1. The van der Waals surface area contributed by atoms with E-state index >= 15 is 0 Å². The Labute approximate surface area is 146 Å². The molecule has 0 aliphatic heterocycles. The van der Waals surface area contributed by atoms with Gasteiger partial charge in [-0.05, 0) is 55.2 Å². The van der Waals surface area contributed by atoms with Crippen LogP contribution in [0.3, 0.4) is 0 Å². The fraction of sp³-hybridized carbons (Fsp3) is 0.300. The summed E-state index contributed by atoms with van der Waals surface area (Å²) in [6.45, 7) is 1.96. The molecule has 0 spiro atoms. The van der Waals surface area contributed by atoms with Gasteiger partial charge in [0.15, 0.2) is 0 Å². The molecule has 2 N–H and O–H groups in total. The fourth-order valence-corrected chi connectivity index (χ4v) is 3.54. The SMILES string of the molecule is COc1ccc2c(c1)[C@@H](C(=O)N[C@@H](C)c1nc3ccccc3[nH]1)CC2. The zero-order valence-electron chi connectivity index (χ0n) is 14.4. The molecule has 0 fully saturated rings. The molecule has 1 aliphatic carbocycles. The second-order valence-corrected chi connectivity index (χ2v) is 6.53. The Morgan fingerprint density at radius 3 is 2.96 bits per heavy atom. The van der Waals surface area contributed by atoms with Gasteiger partial charge in [0.1, 0.15) is 11.6 Å². The number of para-hydroxylation sites is 2. The standard InChI is InChI=1S/C20H21N3O2/c1-12(19-22-17-5-3-4-6-18(17)23-19)21-20(24)15-10-8-13-7-9-14(25-2)11-16(13)15/h3-7,9,11-12,15H,8,10H2,1-2H3,(H,21,24)(H,22,23)/t12-,15-/m0/s1. The summed E-state index contributed by atoms with van der Waals surface area (Å²) in [5.41, 5.74) is 4.20. The van der Waals surface area contributed by atoms with Crippen molar-refractivity contribution < 1.29 is 9.53 Å². The van der Waals surface area contributed by atoms with Crippen LogP contribution in [0.15, 0.2) is 42.5 Å². The summed E-state index contributed by atoms with van der Waals surface area (Å²) in [6, 6.07) is 13.7. The van der Waals surface area contributed by atoms with Crippen LogP contribution in [0.2, 0.25) is 0 Å². The lowest BCUT2D eigenvalue weighted by Crippen LogP contribution is -2.31. The first kappa shape index (κ1) is 15.7. The summed E-state index contributed by atoms with van der Waals surface area (Å²) in [6.07, 6.45) is 1.76. The van der Waals surface area contributed by atoms with Crippen LogP contribution in [0.25, 0.3) is 11.0 Å². The second-order valence-electron chi connectivity index (χ2n) is 6.53. The van der Waals surface area contributed by atoms with E-state index in [-0.39, 0.29) is 17.9 Å². The number of H-pyrrole nitrogens is 1. The number of imidazole rings is 1. The Morgan fingerprint density at radius 2 is 2.16 bits per heavy atom. The van der Waals surface area contributed by atoms with Crippen molar-refractivity contribution >= 4 is 16.9 Å². The number of nitrogens with one attached hydrogen (secondary N) is 2. The third kappa shape index (κ3) is 2.86. The van der Waals surface area contributed by atoms with Crippen LogP contribution >= 0.6 is 0 Å². The Bertz CT molecular complexity index is 899. The molecule has 1 heterocycles. The number of fused-ring (bicyclic) bond motifs is 2. The summed E-state index contributed by atoms with van der Waals surface area (Å²) in [7, 11) is 1.65. The molecule has 3 aromatic rings. The van der Waals surface area contributed by atoms with Gasteiger partial charge in [0.2, 0.25) is 5.91 Å². The van der Waals surface area contributed by atoms with E-state index in [0.29, 0.717) is 0 Å². The molecule has 0 saturated carbocycles. The maximum atomic E-state index is 12.8. The van der Waals surface area contributed by atoms with E-state index in [1.165, 1.54) is 5.56 Å². The van der Waals surface area contributed by atoms with Crippen LogP contribution in [-0.4, -0.2) is 23.0 Å². The van der Waals surface area contributed by atoms with Gasteiger partial charge in [0, 0.05) is 0 Å². The topological polar surface area (TPSA) is 67.0 Å². The first-order valence-corrected chi connectivity index (χ1v) is 8.57. The summed E-state index contributed by atoms with van der Waals surface area (Å²) in [5, 5.41) is 3.10. The van der Waals surface area contributed by atoms with E-state index in [1.807, 2.05) is 43.3 Å². The van der Waals surface area contributed by atoms with Crippen molar-refractivity contribution in [2.45, 2.75) is 31.7 Å². The van der Waals surface area contributed by atoms with E-state index in [9.17, 15) is 4.79 Å². The Hall–Kier alpha value is -2.82. The minimum atomic E-state index is -0.172. The normalized spacial score (nSPS) is 17.3. The molecule has 5 nitrogen and oxygen atoms in total. The highest BCUT2D eigenvalue weighted by Crippen LogP contribution is 2.36. The van der Waals surface area contributed by atoms with E-state index in [0.717, 1.165) is 41.0 Å². The van der Waals surface area contributed by atoms with Gasteiger partial charge in [-0.2, -0.15) is 0 Å². The smallest absolute Gasteiger partial charge is 0.228 e. The number of aromatic amines is 1. The quantitative estimate of drug-likeness (QED) is 0.767. The predicted molar refractivity (Wildman–Crippen MR) is 96.7 cm³/mol. The third-order valence-electron chi connectivity index (χ3n) is 4.92. The van der Waals surface area contributed by atoms with E-state index in [1.54, 1.807) is 7.11 Å². The summed E-state index contributed by atoms with van der Waals surface area (Å²) >= 11 is 0. The van der Waals surface area contributed by atoms with Crippen LogP contribution in [0.4, 0.5) is 0 Å². The number of carbonyl (C=O) groups excluding carboxylic acids is 1. The Morgan fingerprint density at radius 1 is 1.32 bits per heavy atom. The number of benzene rings is 2. The van der Waals surface area contributed by atoms with Gasteiger partial charge in [-0.15, -0.1) is 0 Å². The molecule has 0 radical (unpaired) electrons. The monoisotopic (exact) mass is 335 g/mol. The number of carbonyl (C=O) groups is 1. The number of amides is 1. The molecule has 1 aliphatic rings. The molecule has 0 unspecified atom stereocenters. The highest BCUT2D eigenvalue weighted by Gasteiger charge is 2.30. The van der Waals surface area contributed by atoms with Crippen molar-refractivity contribution in [1.29, 1.82) is 0 Å². The summed E-state index contributed by atoms with van der Waals surface area (Å²) in [4.78, 5) is 20.7. The lowest BCUT2D eigenvalue weighted by Gasteiger charge is -2.16. The first-order valence-electron chi connectivity index (χ1n) is 8.57. The van der Waals surface area contributed by atoms with Gasteiger partial charge >= 0.3 is 0 Å². The molecule has 2 aromatic carbocycles. The lowest BCUT2D eigenvalue weighted by molar-refractivity contribution is -0.123. The highest BCUT2D eigenvalue weighted by molar-refractivity contribution is 5.85. The largest absolute Gasteiger partial charge is 0.497 e. The minimum absolute atomic E-state index is 0.0416. The van der Waals surface area contributed by atoms with Gasteiger partial charge in [-0.3, -0.25) is 4.79 Å². The minimum Gasteiger partial charge on any atom is -0.497 e. The highest BCUT2D eigenvalue weighted by atomic mass is 16.5. The van der Waals surface area contributed by atoms with Crippen molar-refractivity contribution in [2.75, 3.05) is 7.11 Å². The number of aromatic nitrogens is 2. The lowest BCUT2D eigenvalue weighted by atomic mass is 10.00. The van der Waals surface area contributed by atoms with Crippen LogP contribution in [0.1, 0.15) is 42.3 Å².